The molecule has 0 amide bonds. The monoisotopic (exact) mass is 428 g/mol. The second kappa shape index (κ2) is 13.2. The molecule has 1 saturated heterocycles. The molecular weight excluding hydrogens is 388 g/mol. The van der Waals surface area contributed by atoms with Crippen LogP contribution < -0.4 is 19.5 Å². The van der Waals surface area contributed by atoms with E-state index >= 15 is 0 Å². The van der Waals surface area contributed by atoms with Gasteiger partial charge in [-0.1, -0.05) is 33.6 Å². The van der Waals surface area contributed by atoms with Crippen molar-refractivity contribution in [3.63, 3.8) is 0 Å². The Morgan fingerprint density at radius 2 is 1.65 bits per heavy atom. The molecule has 0 bridgehead atoms. The number of rotatable bonds is 8. The molecule has 1 fully saturated rings. The van der Waals surface area contributed by atoms with Crippen LogP contribution in [-0.4, -0.2) is 39.4 Å². The highest BCUT2D eigenvalue weighted by atomic mass is 16.5. The molecule has 0 spiro atoms. The molecular formula is C26H40N2O3. The Balaban J connectivity index is 0.000000357. The zero-order chi connectivity index (χ0) is 22.6. The highest BCUT2D eigenvalue weighted by Gasteiger charge is 2.15. The fraction of sp³-hybridized carbons (Fsp3) is 0.577. The summed E-state index contributed by atoms with van der Waals surface area (Å²) in [6.45, 7) is 9.26. The maximum absolute atomic E-state index is 5.42. The van der Waals surface area contributed by atoms with Gasteiger partial charge in [0.2, 0.25) is 5.75 Å². The average Bonchev–Trinajstić information content (AvgIpc) is 2.83. The van der Waals surface area contributed by atoms with Crippen molar-refractivity contribution in [1.29, 1.82) is 0 Å². The third-order valence-corrected chi connectivity index (χ3v) is 6.10. The molecule has 1 aromatic heterocycles. The molecule has 1 unspecified atom stereocenters. The number of hydrogen-bond acceptors (Lipinski definition) is 5. The fourth-order valence-electron chi connectivity index (χ4n) is 3.82. The number of nitrogens with zero attached hydrogens (tertiary/aromatic N) is 1. The summed E-state index contributed by atoms with van der Waals surface area (Å²) >= 11 is 0. The van der Waals surface area contributed by atoms with E-state index in [-0.39, 0.29) is 0 Å². The van der Waals surface area contributed by atoms with Gasteiger partial charge in [-0.3, -0.25) is 4.98 Å². The maximum atomic E-state index is 5.42. The van der Waals surface area contributed by atoms with Gasteiger partial charge in [-0.25, -0.2) is 0 Å². The Labute approximate surface area is 188 Å². The smallest absolute Gasteiger partial charge is 0.203 e. The van der Waals surface area contributed by atoms with Crippen molar-refractivity contribution in [3.05, 3.63) is 36.0 Å². The summed E-state index contributed by atoms with van der Waals surface area (Å²) in [6.07, 6.45) is 8.25. The van der Waals surface area contributed by atoms with Crippen LogP contribution in [0.25, 0.3) is 11.3 Å². The zero-order valence-corrected chi connectivity index (χ0v) is 20.2. The molecule has 31 heavy (non-hydrogen) atoms. The first-order chi connectivity index (χ1) is 15.1. The Kier molecular flexibility index (Phi) is 10.6. The van der Waals surface area contributed by atoms with Gasteiger partial charge in [0.25, 0.3) is 0 Å². The fourth-order valence-corrected chi connectivity index (χ4v) is 3.82. The lowest BCUT2D eigenvalue weighted by molar-refractivity contribution is 0.324. The van der Waals surface area contributed by atoms with Crippen LogP contribution >= 0.6 is 0 Å². The van der Waals surface area contributed by atoms with Crippen molar-refractivity contribution in [2.45, 2.75) is 52.9 Å². The molecule has 3 rings (SSSR count). The molecule has 5 nitrogen and oxygen atoms in total. The molecule has 1 aliphatic heterocycles. The molecule has 172 valence electrons. The van der Waals surface area contributed by atoms with Gasteiger partial charge < -0.3 is 19.5 Å². The normalized spacial score (nSPS) is 14.9. The number of pyridine rings is 1. The molecule has 1 aromatic carbocycles. The third-order valence-electron chi connectivity index (χ3n) is 6.10. The summed E-state index contributed by atoms with van der Waals surface area (Å²) in [5.41, 5.74) is 3.15. The molecule has 0 aliphatic carbocycles. The zero-order valence-electron chi connectivity index (χ0n) is 20.2. The lowest BCUT2D eigenvalue weighted by atomic mass is 9.96. The number of methoxy groups -OCH3 is 3. The second-order valence-corrected chi connectivity index (χ2v) is 8.28. The summed E-state index contributed by atoms with van der Waals surface area (Å²) in [5, 5.41) is 3.35. The lowest BCUT2D eigenvalue weighted by Crippen LogP contribution is -2.27. The molecule has 1 N–H and O–H groups in total. The van der Waals surface area contributed by atoms with Crippen molar-refractivity contribution in [3.8, 4) is 28.5 Å². The van der Waals surface area contributed by atoms with E-state index in [1.54, 1.807) is 21.3 Å². The van der Waals surface area contributed by atoms with E-state index in [2.05, 4.69) is 43.2 Å². The van der Waals surface area contributed by atoms with Crippen LogP contribution in [0.1, 0.15) is 52.0 Å². The van der Waals surface area contributed by atoms with Crippen molar-refractivity contribution in [1.82, 2.24) is 10.3 Å². The Hall–Kier alpha value is -2.27. The van der Waals surface area contributed by atoms with Crippen molar-refractivity contribution in [2.24, 2.45) is 11.8 Å². The van der Waals surface area contributed by atoms with Crippen LogP contribution in [0.3, 0.4) is 0 Å². The number of nitrogens with one attached hydrogen (secondary N) is 1. The van der Waals surface area contributed by atoms with Gasteiger partial charge in [-0.15, -0.1) is 0 Å². The molecule has 0 saturated carbocycles. The minimum atomic E-state index is 0.592. The third kappa shape index (κ3) is 7.42. The average molecular weight is 429 g/mol. The summed E-state index contributed by atoms with van der Waals surface area (Å²) in [6, 6.07) is 8.06. The SMILES string of the molecule is CCC(C)Cc1ccnc(-c2cc(OC)c(OC)c(OC)c2)c1.CCC1CCNCC1. The van der Waals surface area contributed by atoms with Crippen molar-refractivity contribution >= 4 is 0 Å². The van der Waals surface area contributed by atoms with Crippen LogP contribution in [0.15, 0.2) is 30.5 Å². The number of piperidine rings is 1. The molecule has 1 aliphatic rings. The minimum absolute atomic E-state index is 0.592. The molecule has 2 heterocycles. The molecule has 2 aromatic rings. The quantitative estimate of drug-likeness (QED) is 0.579. The van der Waals surface area contributed by atoms with E-state index in [0.717, 1.165) is 23.6 Å². The molecule has 5 heteroatoms. The summed E-state index contributed by atoms with van der Waals surface area (Å²) in [7, 11) is 4.84. The van der Waals surface area contributed by atoms with E-state index < -0.39 is 0 Å². The summed E-state index contributed by atoms with van der Waals surface area (Å²) in [4.78, 5) is 4.50. The number of aromatic nitrogens is 1. The second-order valence-electron chi connectivity index (χ2n) is 8.28. The van der Waals surface area contributed by atoms with Crippen LogP contribution in [0.4, 0.5) is 0 Å². The highest BCUT2D eigenvalue weighted by molar-refractivity contribution is 5.69. The topological polar surface area (TPSA) is 52.6 Å². The van der Waals surface area contributed by atoms with Gasteiger partial charge in [0.15, 0.2) is 11.5 Å². The van der Waals surface area contributed by atoms with E-state index in [0.29, 0.717) is 23.2 Å². The lowest BCUT2D eigenvalue weighted by Gasteiger charge is -2.20. The minimum Gasteiger partial charge on any atom is -0.493 e. The highest BCUT2D eigenvalue weighted by Crippen LogP contribution is 2.40. The van der Waals surface area contributed by atoms with E-state index in [9.17, 15) is 0 Å². The number of ether oxygens (including phenoxy) is 3. The van der Waals surface area contributed by atoms with Crippen molar-refractivity contribution in [2.75, 3.05) is 34.4 Å². The first kappa shape index (κ1) is 25.0. The summed E-state index contributed by atoms with van der Waals surface area (Å²) in [5.74, 6) is 3.54. The van der Waals surface area contributed by atoms with Gasteiger partial charge >= 0.3 is 0 Å². The Bertz CT molecular complexity index is 763. The number of benzene rings is 1. The van der Waals surface area contributed by atoms with Gasteiger partial charge in [-0.2, -0.15) is 0 Å². The van der Waals surface area contributed by atoms with Gasteiger partial charge in [0, 0.05) is 11.8 Å². The van der Waals surface area contributed by atoms with Crippen molar-refractivity contribution < 1.29 is 14.2 Å². The molecule has 1 atom stereocenters. The van der Waals surface area contributed by atoms with Crippen LogP contribution in [0.5, 0.6) is 17.2 Å². The molecule has 0 radical (unpaired) electrons. The van der Waals surface area contributed by atoms with Gasteiger partial charge in [0.1, 0.15) is 0 Å². The first-order valence-electron chi connectivity index (χ1n) is 11.5. The van der Waals surface area contributed by atoms with Gasteiger partial charge in [-0.05, 0) is 74.0 Å². The first-order valence-corrected chi connectivity index (χ1v) is 11.5. The predicted octanol–water partition coefficient (Wildman–Crippen LogP) is 5.76. The van der Waals surface area contributed by atoms with Crippen LogP contribution in [0.2, 0.25) is 0 Å². The number of hydrogen-bond donors (Lipinski definition) is 1. The van der Waals surface area contributed by atoms with Crippen LogP contribution in [-0.2, 0) is 6.42 Å². The Morgan fingerprint density at radius 3 is 2.13 bits per heavy atom. The van der Waals surface area contributed by atoms with Gasteiger partial charge in [0.05, 0.1) is 27.0 Å². The summed E-state index contributed by atoms with van der Waals surface area (Å²) < 4.78 is 16.2. The predicted molar refractivity (Wildman–Crippen MR) is 128 cm³/mol. The Morgan fingerprint density at radius 1 is 1.00 bits per heavy atom. The van der Waals surface area contributed by atoms with Crippen LogP contribution in [0, 0.1) is 11.8 Å². The van der Waals surface area contributed by atoms with E-state index in [1.165, 1.54) is 44.3 Å². The standard InChI is InChI=1S/C19H25NO3.C7H15N/c1-6-13(2)9-14-7-8-20-16(10-14)15-11-17(21-3)19(23-5)18(12-15)22-4;1-2-7-3-5-8-6-4-7/h7-8,10-13H,6,9H2,1-5H3;7-8H,2-6H2,1H3. The largest absolute Gasteiger partial charge is 0.493 e. The van der Waals surface area contributed by atoms with E-state index in [4.69, 9.17) is 14.2 Å². The van der Waals surface area contributed by atoms with E-state index in [1.807, 2.05) is 18.3 Å². The maximum Gasteiger partial charge on any atom is 0.203 e.